The summed E-state index contributed by atoms with van der Waals surface area (Å²) < 4.78 is 13.5. The molecule has 3 amide bonds. The number of carbonyl (C=O) groups is 2. The number of anilines is 4. The predicted octanol–water partition coefficient (Wildman–Crippen LogP) is 4.30. The molecule has 2 aliphatic heterocycles. The van der Waals surface area contributed by atoms with Crippen LogP contribution in [0.4, 0.5) is 32.1 Å². The number of aromatic nitrogens is 1. The average molecular weight is 590 g/mol. The second-order valence-corrected chi connectivity index (χ2v) is 14.2. The van der Waals surface area contributed by atoms with Crippen molar-refractivity contribution in [2.24, 2.45) is 28.9 Å². The van der Waals surface area contributed by atoms with E-state index in [1.807, 2.05) is 43.1 Å². The lowest BCUT2D eigenvalue weighted by molar-refractivity contribution is -0.145. The maximum absolute atomic E-state index is 13.8. The Labute approximate surface area is 253 Å². The first-order valence-electron chi connectivity index (χ1n) is 15.9. The van der Waals surface area contributed by atoms with Crippen molar-refractivity contribution >= 4 is 34.8 Å². The van der Waals surface area contributed by atoms with Gasteiger partial charge in [-0.05, 0) is 88.0 Å². The van der Waals surface area contributed by atoms with Crippen molar-refractivity contribution < 1.29 is 14.0 Å². The zero-order valence-corrected chi connectivity index (χ0v) is 25.3. The summed E-state index contributed by atoms with van der Waals surface area (Å²) in [7, 11) is 0. The predicted molar refractivity (Wildman–Crippen MR) is 166 cm³/mol. The zero-order valence-electron chi connectivity index (χ0n) is 25.3. The van der Waals surface area contributed by atoms with E-state index in [1.165, 1.54) is 0 Å². The number of para-hydroxylation sites is 2. The number of fused-ring (bicyclic) bond motifs is 1. The second kappa shape index (κ2) is 10.6. The van der Waals surface area contributed by atoms with Crippen LogP contribution in [0.3, 0.4) is 0 Å². The summed E-state index contributed by atoms with van der Waals surface area (Å²) in [6.45, 7) is 8.09. The van der Waals surface area contributed by atoms with Crippen molar-refractivity contribution in [3.63, 3.8) is 0 Å². The summed E-state index contributed by atoms with van der Waals surface area (Å²) in [5, 5.41) is 3.41. The lowest BCUT2D eigenvalue weighted by atomic mass is 9.47. The van der Waals surface area contributed by atoms with Gasteiger partial charge in [0.2, 0.25) is 5.91 Å². The van der Waals surface area contributed by atoms with Crippen molar-refractivity contribution in [2.45, 2.75) is 57.5 Å². The standard InChI is InChI=1S/C33H44FN7O2/c1-32(2,21-34)39-11-9-38(10-12-39)25-7-8-28(36-20-25)40-13-14-41(27-6-4-3-5-26(27)40)31(43)37-29-23-15-22-16-24(29)19-33(17-22,18-23)30(35)42/h3-8,20,22-24,29H,9-19,21H2,1-2H3,(H2,35,42)(H,37,43)/t22?,23-,24+,29?,33?. The highest BCUT2D eigenvalue weighted by Crippen LogP contribution is 2.60. The van der Waals surface area contributed by atoms with Gasteiger partial charge in [0, 0.05) is 56.3 Å². The first-order chi connectivity index (χ1) is 20.7. The van der Waals surface area contributed by atoms with Gasteiger partial charge in [0.05, 0.1) is 23.3 Å². The molecule has 4 bridgehead atoms. The molecule has 0 spiro atoms. The molecule has 9 nitrogen and oxygen atoms in total. The molecule has 230 valence electrons. The van der Waals surface area contributed by atoms with Gasteiger partial charge >= 0.3 is 6.03 Å². The van der Waals surface area contributed by atoms with Crippen molar-refractivity contribution in [1.29, 1.82) is 0 Å². The molecule has 3 unspecified atom stereocenters. The fourth-order valence-electron chi connectivity index (χ4n) is 8.97. The fraction of sp³-hybridized carbons (Fsp3) is 0.606. The largest absolute Gasteiger partial charge is 0.369 e. The third-order valence-corrected chi connectivity index (χ3v) is 11.2. The Morgan fingerprint density at radius 3 is 2.30 bits per heavy atom. The van der Waals surface area contributed by atoms with E-state index in [1.54, 1.807) is 0 Å². The van der Waals surface area contributed by atoms with Gasteiger partial charge in [-0.2, -0.15) is 0 Å². The minimum Gasteiger partial charge on any atom is -0.369 e. The first-order valence-corrected chi connectivity index (χ1v) is 15.9. The molecule has 3 N–H and O–H groups in total. The van der Waals surface area contributed by atoms with Gasteiger partial charge in [-0.1, -0.05) is 12.1 Å². The number of benzene rings is 1. The normalized spacial score (nSPS) is 30.3. The van der Waals surface area contributed by atoms with Gasteiger partial charge in [-0.25, -0.2) is 14.2 Å². The number of piperazine rings is 1. The number of nitrogens with two attached hydrogens (primary N) is 1. The summed E-state index contributed by atoms with van der Waals surface area (Å²) in [5.41, 5.74) is 8.00. The number of nitrogens with one attached hydrogen (secondary N) is 1. The van der Waals surface area contributed by atoms with Crippen molar-refractivity contribution in [3.8, 4) is 0 Å². The fourth-order valence-corrected chi connectivity index (χ4v) is 8.97. The molecule has 43 heavy (non-hydrogen) atoms. The topological polar surface area (TPSA) is 98.0 Å². The van der Waals surface area contributed by atoms with Crippen molar-refractivity contribution in [3.05, 3.63) is 42.6 Å². The number of primary amides is 1. The minimum absolute atomic E-state index is 0.0592. The first kappa shape index (κ1) is 28.4. The van der Waals surface area contributed by atoms with Crippen LogP contribution in [0.1, 0.15) is 46.0 Å². The molecule has 1 aromatic heterocycles. The van der Waals surface area contributed by atoms with Crippen LogP contribution in [-0.2, 0) is 4.79 Å². The Morgan fingerprint density at radius 1 is 0.977 bits per heavy atom. The molecule has 3 heterocycles. The quantitative estimate of drug-likeness (QED) is 0.522. The summed E-state index contributed by atoms with van der Waals surface area (Å²) in [5.74, 6) is 1.90. The van der Waals surface area contributed by atoms with E-state index in [0.717, 1.165) is 81.2 Å². The average Bonchev–Trinajstić information content (AvgIpc) is 3.02. The van der Waals surface area contributed by atoms with E-state index < -0.39 is 5.54 Å². The van der Waals surface area contributed by atoms with E-state index in [2.05, 4.69) is 38.2 Å². The molecule has 1 aromatic carbocycles. The number of alkyl halides is 1. The molecule has 4 aliphatic carbocycles. The van der Waals surface area contributed by atoms with Gasteiger partial charge in [-0.15, -0.1) is 0 Å². The molecule has 6 aliphatic rings. The Hall–Kier alpha value is -3.40. The SMILES string of the molecule is CC(C)(CF)N1CCN(c2ccc(N3CCN(C(=O)NC4[C@@H]5CC6C[C@H]4CC(C(N)=O)(C6)C5)c4ccccc43)nc2)CC1. The monoisotopic (exact) mass is 589 g/mol. The molecule has 2 aromatic rings. The van der Waals surface area contributed by atoms with Crippen LogP contribution >= 0.6 is 0 Å². The highest BCUT2D eigenvalue weighted by Gasteiger charge is 2.58. The van der Waals surface area contributed by atoms with E-state index in [9.17, 15) is 14.0 Å². The molecule has 5 fully saturated rings. The number of nitrogens with zero attached hydrogens (tertiary/aromatic N) is 5. The Bertz CT molecular complexity index is 1360. The van der Waals surface area contributed by atoms with Gasteiger partial charge in [0.25, 0.3) is 0 Å². The van der Waals surface area contributed by atoms with E-state index in [4.69, 9.17) is 10.7 Å². The highest BCUT2D eigenvalue weighted by atomic mass is 19.1. The number of halogens is 1. The Morgan fingerprint density at radius 2 is 1.67 bits per heavy atom. The number of carbonyl (C=O) groups excluding carboxylic acids is 2. The van der Waals surface area contributed by atoms with E-state index >= 15 is 0 Å². The number of urea groups is 1. The van der Waals surface area contributed by atoms with Crippen LogP contribution in [0.2, 0.25) is 0 Å². The van der Waals surface area contributed by atoms with Crippen molar-refractivity contribution in [2.75, 3.05) is 60.6 Å². The molecular formula is C33H44FN7O2. The molecular weight excluding hydrogens is 545 g/mol. The number of rotatable bonds is 6. The maximum atomic E-state index is 13.8. The molecule has 4 saturated carbocycles. The molecule has 1 saturated heterocycles. The molecule has 8 rings (SSSR count). The summed E-state index contributed by atoms with van der Waals surface area (Å²) >= 11 is 0. The zero-order chi connectivity index (χ0) is 29.9. The third kappa shape index (κ3) is 4.91. The highest BCUT2D eigenvalue weighted by molar-refractivity contribution is 5.98. The van der Waals surface area contributed by atoms with Crippen LogP contribution < -0.4 is 25.8 Å². The van der Waals surface area contributed by atoms with E-state index in [-0.39, 0.29) is 30.1 Å². The minimum atomic E-state index is -0.427. The van der Waals surface area contributed by atoms with Crippen LogP contribution in [0.15, 0.2) is 42.6 Å². The third-order valence-electron chi connectivity index (χ3n) is 11.2. The Balaban J connectivity index is 1.03. The number of amides is 3. The Kier molecular flexibility index (Phi) is 7.02. The summed E-state index contributed by atoms with van der Waals surface area (Å²) in [6, 6.07) is 12.2. The van der Waals surface area contributed by atoms with Crippen LogP contribution in [0, 0.1) is 23.2 Å². The van der Waals surface area contributed by atoms with E-state index in [0.29, 0.717) is 30.8 Å². The second-order valence-electron chi connectivity index (χ2n) is 14.2. The lowest BCUT2D eigenvalue weighted by Crippen LogP contribution is -2.63. The smallest absolute Gasteiger partial charge is 0.322 e. The number of hydrogen-bond donors (Lipinski definition) is 2. The maximum Gasteiger partial charge on any atom is 0.322 e. The summed E-state index contributed by atoms with van der Waals surface area (Å²) in [6.07, 6.45) is 6.62. The van der Waals surface area contributed by atoms with Crippen LogP contribution in [0.5, 0.6) is 0 Å². The van der Waals surface area contributed by atoms with Gasteiger partial charge < -0.3 is 20.9 Å². The van der Waals surface area contributed by atoms with Gasteiger partial charge in [0.15, 0.2) is 0 Å². The van der Waals surface area contributed by atoms with Crippen LogP contribution in [-0.4, -0.2) is 79.3 Å². The van der Waals surface area contributed by atoms with Crippen molar-refractivity contribution in [1.82, 2.24) is 15.2 Å². The molecule has 5 atom stereocenters. The van der Waals surface area contributed by atoms with Gasteiger partial charge in [0.1, 0.15) is 12.5 Å². The summed E-state index contributed by atoms with van der Waals surface area (Å²) in [4.78, 5) is 39.6. The molecule has 0 radical (unpaired) electrons. The molecule has 10 heteroatoms. The number of hydrogen-bond acceptors (Lipinski definition) is 6. The number of pyridine rings is 1. The van der Waals surface area contributed by atoms with Gasteiger partial charge in [-0.3, -0.25) is 14.6 Å². The van der Waals surface area contributed by atoms with Crippen LogP contribution in [0.25, 0.3) is 0 Å². The lowest BCUT2D eigenvalue weighted by Gasteiger charge is -2.59.